The average Bonchev–Trinajstić information content (AvgIpc) is 2.67. The van der Waals surface area contributed by atoms with Crippen LogP contribution in [0.3, 0.4) is 0 Å². The van der Waals surface area contributed by atoms with E-state index in [1.165, 1.54) is 40.7 Å². The van der Waals surface area contributed by atoms with Crippen molar-refractivity contribution in [3.8, 4) is 0 Å². The Bertz CT molecular complexity index is 999. The van der Waals surface area contributed by atoms with Gasteiger partial charge in [0.1, 0.15) is 5.82 Å². The van der Waals surface area contributed by atoms with Gasteiger partial charge in [0.05, 0.1) is 16.0 Å². The Balaban J connectivity index is 1.81. The minimum Gasteiger partial charge on any atom is -0.393 e. The lowest BCUT2D eigenvalue weighted by Crippen LogP contribution is -2.44. The summed E-state index contributed by atoms with van der Waals surface area (Å²) in [5, 5.41) is 12.3. The Morgan fingerprint density at radius 3 is 2.71 bits per heavy atom. The van der Waals surface area contributed by atoms with Gasteiger partial charge in [0.2, 0.25) is 10.0 Å². The first-order valence-corrected chi connectivity index (χ1v) is 10.5. The maximum Gasteiger partial charge on any atom is 0.255 e. The van der Waals surface area contributed by atoms with E-state index in [0.717, 1.165) is 6.07 Å². The summed E-state index contributed by atoms with van der Waals surface area (Å²) in [6.07, 6.45) is -0.155. The topological polar surface area (TPSA) is 86.7 Å². The largest absolute Gasteiger partial charge is 0.393 e. The Labute approximate surface area is 168 Å². The summed E-state index contributed by atoms with van der Waals surface area (Å²) in [5.41, 5.74) is 0.440. The van der Waals surface area contributed by atoms with Gasteiger partial charge in [-0.25, -0.2) is 12.8 Å². The number of aliphatic hydroxyl groups excluding tert-OH is 1. The quantitative estimate of drug-likeness (QED) is 0.786. The van der Waals surface area contributed by atoms with Crippen molar-refractivity contribution in [3.63, 3.8) is 0 Å². The maximum atomic E-state index is 13.2. The first kappa shape index (κ1) is 20.7. The van der Waals surface area contributed by atoms with Crippen molar-refractivity contribution in [2.45, 2.75) is 24.3 Å². The highest BCUT2D eigenvalue weighted by molar-refractivity contribution is 7.89. The van der Waals surface area contributed by atoms with Crippen molar-refractivity contribution in [3.05, 3.63) is 58.9 Å². The maximum absolute atomic E-state index is 13.2. The van der Waals surface area contributed by atoms with Crippen LogP contribution in [0.25, 0.3) is 0 Å². The van der Waals surface area contributed by atoms with Gasteiger partial charge in [-0.1, -0.05) is 24.6 Å². The number of rotatable bonds is 4. The SMILES string of the molecule is CC1CN(S(=O)(=O)c2cccc(C(=O)Nc3ccc(F)c(Cl)c3)c2)CCC1O. The van der Waals surface area contributed by atoms with Crippen molar-refractivity contribution < 1.29 is 22.7 Å². The standard InChI is InChI=1S/C19H20ClFN2O4S/c1-12-11-23(8-7-18(12)24)28(26,27)15-4-2-3-13(9-15)19(25)22-14-5-6-17(21)16(20)10-14/h2-6,9-10,12,18,24H,7-8,11H2,1H3,(H,22,25). The van der Waals surface area contributed by atoms with E-state index >= 15 is 0 Å². The predicted octanol–water partition coefficient (Wildman–Crippen LogP) is 3.12. The van der Waals surface area contributed by atoms with Gasteiger partial charge in [0.25, 0.3) is 5.91 Å². The second-order valence-corrected chi connectivity index (χ2v) is 9.15. The average molecular weight is 427 g/mol. The van der Waals surface area contributed by atoms with Gasteiger partial charge in [0, 0.05) is 24.3 Å². The molecule has 1 aliphatic rings. The molecule has 3 rings (SSSR count). The molecule has 2 unspecified atom stereocenters. The number of carbonyl (C=O) groups is 1. The van der Waals surface area contributed by atoms with Crippen LogP contribution in [0.1, 0.15) is 23.7 Å². The number of amides is 1. The van der Waals surface area contributed by atoms with Crippen LogP contribution in [0.5, 0.6) is 0 Å². The first-order chi connectivity index (χ1) is 13.2. The van der Waals surface area contributed by atoms with E-state index in [9.17, 15) is 22.7 Å². The van der Waals surface area contributed by atoms with Crippen LogP contribution in [0.2, 0.25) is 5.02 Å². The van der Waals surface area contributed by atoms with E-state index in [-0.39, 0.29) is 34.5 Å². The molecule has 0 aliphatic carbocycles. The smallest absolute Gasteiger partial charge is 0.255 e. The molecule has 6 nitrogen and oxygen atoms in total. The van der Waals surface area contributed by atoms with E-state index in [1.807, 2.05) is 0 Å². The lowest BCUT2D eigenvalue weighted by atomic mass is 9.99. The van der Waals surface area contributed by atoms with E-state index < -0.39 is 27.9 Å². The summed E-state index contributed by atoms with van der Waals surface area (Å²) < 4.78 is 40.4. The number of aliphatic hydroxyl groups is 1. The molecule has 0 saturated carbocycles. The molecule has 0 radical (unpaired) electrons. The highest BCUT2D eigenvalue weighted by Crippen LogP contribution is 2.25. The second kappa shape index (κ2) is 8.16. The number of benzene rings is 2. The van der Waals surface area contributed by atoms with Crippen LogP contribution in [0.15, 0.2) is 47.4 Å². The minimum absolute atomic E-state index is 0.000813. The van der Waals surface area contributed by atoms with Crippen molar-refractivity contribution in [1.82, 2.24) is 4.31 Å². The molecule has 2 aromatic rings. The summed E-state index contributed by atoms with van der Waals surface area (Å²) in [4.78, 5) is 12.5. The molecule has 28 heavy (non-hydrogen) atoms. The number of sulfonamides is 1. The van der Waals surface area contributed by atoms with Crippen molar-refractivity contribution >= 4 is 33.2 Å². The number of anilines is 1. The number of carbonyl (C=O) groups excluding carboxylic acids is 1. The van der Waals surface area contributed by atoms with Crippen molar-refractivity contribution in [2.24, 2.45) is 5.92 Å². The third-order valence-electron chi connectivity index (χ3n) is 4.73. The molecule has 2 atom stereocenters. The zero-order chi connectivity index (χ0) is 20.5. The predicted molar refractivity (Wildman–Crippen MR) is 104 cm³/mol. The number of hydrogen-bond acceptors (Lipinski definition) is 4. The third kappa shape index (κ3) is 4.35. The second-order valence-electron chi connectivity index (χ2n) is 6.81. The Hall–Kier alpha value is -2.00. The van der Waals surface area contributed by atoms with Gasteiger partial charge >= 0.3 is 0 Å². The van der Waals surface area contributed by atoms with Gasteiger partial charge in [-0.2, -0.15) is 4.31 Å². The molecule has 1 aliphatic heterocycles. The number of nitrogens with one attached hydrogen (secondary N) is 1. The van der Waals surface area contributed by atoms with Crippen molar-refractivity contribution in [1.29, 1.82) is 0 Å². The van der Waals surface area contributed by atoms with E-state index in [1.54, 1.807) is 6.92 Å². The Kier molecular flexibility index (Phi) is 6.04. The molecule has 2 N–H and O–H groups in total. The molecule has 150 valence electrons. The molecule has 0 bridgehead atoms. The van der Waals surface area contributed by atoms with Gasteiger partial charge in [-0.3, -0.25) is 4.79 Å². The highest BCUT2D eigenvalue weighted by atomic mass is 35.5. The number of halogens is 2. The third-order valence-corrected chi connectivity index (χ3v) is 6.88. The van der Waals surface area contributed by atoms with Crippen LogP contribution in [-0.4, -0.2) is 42.9 Å². The van der Waals surface area contributed by atoms with Gasteiger partial charge < -0.3 is 10.4 Å². The lowest BCUT2D eigenvalue weighted by Gasteiger charge is -2.33. The molecule has 0 spiro atoms. The van der Waals surface area contributed by atoms with Crippen LogP contribution in [0.4, 0.5) is 10.1 Å². The first-order valence-electron chi connectivity index (χ1n) is 8.73. The molecular weight excluding hydrogens is 407 g/mol. The Morgan fingerprint density at radius 1 is 1.29 bits per heavy atom. The minimum atomic E-state index is -3.79. The van der Waals surface area contributed by atoms with Gasteiger partial charge in [-0.05, 0) is 48.7 Å². The van der Waals surface area contributed by atoms with Crippen LogP contribution in [0, 0.1) is 11.7 Å². The number of hydrogen-bond donors (Lipinski definition) is 2. The normalized spacial score (nSPS) is 20.7. The summed E-state index contributed by atoms with van der Waals surface area (Å²) >= 11 is 5.71. The number of piperidine rings is 1. The fourth-order valence-corrected chi connectivity index (χ4v) is 4.82. The molecule has 0 aromatic heterocycles. The van der Waals surface area contributed by atoms with Crippen LogP contribution >= 0.6 is 11.6 Å². The fraction of sp³-hybridized carbons (Fsp3) is 0.316. The summed E-state index contributed by atoms with van der Waals surface area (Å²) in [7, 11) is -3.79. The van der Waals surface area contributed by atoms with Crippen LogP contribution < -0.4 is 5.32 Å². The monoisotopic (exact) mass is 426 g/mol. The summed E-state index contributed by atoms with van der Waals surface area (Å²) in [6.45, 7) is 2.23. The van der Waals surface area contributed by atoms with Gasteiger partial charge in [-0.15, -0.1) is 0 Å². The molecule has 1 fully saturated rings. The molecular formula is C19H20ClFN2O4S. The highest BCUT2D eigenvalue weighted by Gasteiger charge is 2.32. The lowest BCUT2D eigenvalue weighted by molar-refractivity contribution is 0.0628. The van der Waals surface area contributed by atoms with Gasteiger partial charge in [0.15, 0.2) is 0 Å². The van der Waals surface area contributed by atoms with E-state index in [0.29, 0.717) is 12.1 Å². The summed E-state index contributed by atoms with van der Waals surface area (Å²) in [5.74, 6) is -1.31. The zero-order valence-corrected chi connectivity index (χ0v) is 16.7. The number of nitrogens with zero attached hydrogens (tertiary/aromatic N) is 1. The Morgan fingerprint density at radius 2 is 2.04 bits per heavy atom. The molecule has 1 amide bonds. The molecule has 2 aromatic carbocycles. The van der Waals surface area contributed by atoms with E-state index in [2.05, 4.69) is 5.32 Å². The van der Waals surface area contributed by atoms with E-state index in [4.69, 9.17) is 11.6 Å². The fourth-order valence-electron chi connectivity index (χ4n) is 3.04. The molecule has 1 saturated heterocycles. The molecule has 1 heterocycles. The zero-order valence-electron chi connectivity index (χ0n) is 15.1. The van der Waals surface area contributed by atoms with Crippen LogP contribution in [-0.2, 0) is 10.0 Å². The summed E-state index contributed by atoms with van der Waals surface area (Å²) in [6, 6.07) is 9.46. The van der Waals surface area contributed by atoms with Crippen molar-refractivity contribution in [2.75, 3.05) is 18.4 Å². The molecule has 9 heteroatoms.